The molecule has 0 unspecified atom stereocenters. The number of benzene rings is 1. The van der Waals surface area contributed by atoms with Crippen LogP contribution in [-0.2, 0) is 17.4 Å². The average Bonchev–Trinajstić information content (AvgIpc) is 2.79. The molecule has 0 saturated carbocycles. The number of nitrogens with zero attached hydrogens (tertiary/aromatic N) is 3. The van der Waals surface area contributed by atoms with Crippen LogP contribution in [0.5, 0.6) is 0 Å². The summed E-state index contributed by atoms with van der Waals surface area (Å²) in [6.45, 7) is 0.549. The van der Waals surface area contributed by atoms with Crippen molar-refractivity contribution in [2.45, 2.75) is 6.54 Å². The first-order chi connectivity index (χ1) is 10.4. The molecule has 1 N–H and O–H groups in total. The van der Waals surface area contributed by atoms with Gasteiger partial charge < -0.3 is 4.90 Å². The van der Waals surface area contributed by atoms with Gasteiger partial charge >= 0.3 is 0 Å². The van der Waals surface area contributed by atoms with Crippen LogP contribution in [-0.4, -0.2) is 37.3 Å². The number of nitro benzene ring substituents is 1. The molecule has 0 radical (unpaired) electrons. The van der Waals surface area contributed by atoms with E-state index in [0.29, 0.717) is 17.8 Å². The third kappa shape index (κ3) is 4.00. The molecule has 0 bridgehead atoms. The summed E-state index contributed by atoms with van der Waals surface area (Å²) in [5.41, 5.74) is 1.09. The number of hydrogen-bond acceptors (Lipinski definition) is 7. The van der Waals surface area contributed by atoms with Crippen molar-refractivity contribution >= 4 is 33.0 Å². The van der Waals surface area contributed by atoms with E-state index in [9.17, 15) is 18.5 Å². The highest BCUT2D eigenvalue weighted by molar-refractivity contribution is 7.74. The summed E-state index contributed by atoms with van der Waals surface area (Å²) in [5.74, 6) is 0. The summed E-state index contributed by atoms with van der Waals surface area (Å²) < 4.78 is 23.8. The molecule has 10 heteroatoms. The van der Waals surface area contributed by atoms with Crippen LogP contribution < -0.4 is 4.72 Å². The molecule has 0 saturated heterocycles. The van der Waals surface area contributed by atoms with Gasteiger partial charge in [-0.2, -0.15) is 0 Å². The Kier molecular flexibility index (Phi) is 5.06. The SMILES string of the molecule is CN(C)Cc1sc(N[SH](=O)=O)nc1-c1cccc([N+](=O)[O-])c1. The van der Waals surface area contributed by atoms with E-state index >= 15 is 0 Å². The lowest BCUT2D eigenvalue weighted by Crippen LogP contribution is -2.10. The number of rotatable bonds is 6. The predicted octanol–water partition coefficient (Wildman–Crippen LogP) is 1.72. The van der Waals surface area contributed by atoms with Crippen molar-refractivity contribution in [3.05, 3.63) is 39.3 Å². The third-order valence-corrected chi connectivity index (χ3v) is 4.18. The fourth-order valence-corrected chi connectivity index (χ4v) is 3.43. The number of thiazole rings is 1. The van der Waals surface area contributed by atoms with E-state index in [1.807, 2.05) is 19.0 Å². The summed E-state index contributed by atoms with van der Waals surface area (Å²) in [5, 5.41) is 11.1. The minimum absolute atomic E-state index is 0.0364. The van der Waals surface area contributed by atoms with Gasteiger partial charge in [0.15, 0.2) is 5.13 Å². The lowest BCUT2D eigenvalue weighted by Gasteiger charge is -2.08. The Morgan fingerprint density at radius 2 is 2.14 bits per heavy atom. The van der Waals surface area contributed by atoms with Gasteiger partial charge in [0.2, 0.25) is 10.9 Å². The number of thiol groups is 1. The van der Waals surface area contributed by atoms with Crippen LogP contribution in [0.4, 0.5) is 10.8 Å². The molecular weight excluding hydrogens is 328 g/mol. The van der Waals surface area contributed by atoms with Gasteiger partial charge in [0.25, 0.3) is 5.69 Å². The van der Waals surface area contributed by atoms with E-state index in [4.69, 9.17) is 0 Å². The topological polar surface area (TPSA) is 105 Å². The highest BCUT2D eigenvalue weighted by Gasteiger charge is 2.16. The Bertz CT molecular complexity index is 762. The van der Waals surface area contributed by atoms with Gasteiger partial charge in [0.05, 0.1) is 10.6 Å². The van der Waals surface area contributed by atoms with Gasteiger partial charge in [-0.15, -0.1) is 0 Å². The normalized spacial score (nSPS) is 11.1. The molecule has 0 aliphatic rings. The molecule has 0 aliphatic heterocycles. The van der Waals surface area contributed by atoms with E-state index in [1.165, 1.54) is 23.5 Å². The maximum atomic E-state index is 10.9. The first-order valence-corrected chi connectivity index (χ1v) is 8.16. The monoisotopic (exact) mass is 342 g/mol. The van der Waals surface area contributed by atoms with Crippen molar-refractivity contribution in [3.8, 4) is 11.3 Å². The van der Waals surface area contributed by atoms with Gasteiger partial charge in [0, 0.05) is 29.1 Å². The second kappa shape index (κ2) is 6.81. The molecule has 0 spiro atoms. The standard InChI is InChI=1S/C12H14N4O4S2/c1-15(2)7-10-11(13-12(21-10)14-22(19)20)8-4-3-5-9(6-8)16(17)18/h3-6,22H,7H2,1-2H3,(H,13,14,19,20). The Morgan fingerprint density at radius 3 is 2.73 bits per heavy atom. The van der Waals surface area contributed by atoms with Crippen LogP contribution in [0.15, 0.2) is 24.3 Å². The Hall–Kier alpha value is -2.04. The van der Waals surface area contributed by atoms with Crippen LogP contribution in [0.1, 0.15) is 4.88 Å². The van der Waals surface area contributed by atoms with E-state index in [2.05, 4.69) is 9.71 Å². The molecule has 8 nitrogen and oxygen atoms in total. The largest absolute Gasteiger partial charge is 0.304 e. The van der Waals surface area contributed by atoms with Gasteiger partial charge in [-0.3, -0.25) is 14.8 Å². The lowest BCUT2D eigenvalue weighted by molar-refractivity contribution is -0.384. The van der Waals surface area contributed by atoms with Crippen molar-refractivity contribution in [2.24, 2.45) is 0 Å². The molecule has 1 aromatic carbocycles. The number of hydrogen-bond donors (Lipinski definition) is 2. The molecule has 22 heavy (non-hydrogen) atoms. The lowest BCUT2D eigenvalue weighted by atomic mass is 10.1. The number of nitro groups is 1. The zero-order valence-corrected chi connectivity index (χ0v) is 13.6. The van der Waals surface area contributed by atoms with Crippen molar-refractivity contribution in [2.75, 3.05) is 18.8 Å². The Morgan fingerprint density at radius 1 is 1.41 bits per heavy atom. The molecule has 2 rings (SSSR count). The summed E-state index contributed by atoms with van der Waals surface area (Å²) in [6.07, 6.45) is 0. The van der Waals surface area contributed by atoms with Crippen LogP contribution in [0, 0.1) is 10.1 Å². The maximum Gasteiger partial charge on any atom is 0.270 e. The van der Waals surface area contributed by atoms with E-state index in [0.717, 1.165) is 4.88 Å². The average molecular weight is 342 g/mol. The first kappa shape index (κ1) is 16.3. The van der Waals surface area contributed by atoms with Crippen molar-refractivity contribution in [1.82, 2.24) is 9.88 Å². The van der Waals surface area contributed by atoms with Crippen molar-refractivity contribution in [1.29, 1.82) is 0 Å². The molecule has 118 valence electrons. The van der Waals surface area contributed by atoms with Crippen molar-refractivity contribution in [3.63, 3.8) is 0 Å². The van der Waals surface area contributed by atoms with Crippen LogP contribution in [0.25, 0.3) is 11.3 Å². The van der Waals surface area contributed by atoms with Crippen molar-refractivity contribution < 1.29 is 13.3 Å². The summed E-state index contributed by atoms with van der Waals surface area (Å²) in [6, 6.07) is 6.11. The first-order valence-electron chi connectivity index (χ1n) is 6.17. The maximum absolute atomic E-state index is 10.9. The Balaban J connectivity index is 2.49. The third-order valence-electron chi connectivity index (χ3n) is 2.67. The van der Waals surface area contributed by atoms with Crippen LogP contribution in [0.3, 0.4) is 0 Å². The van der Waals surface area contributed by atoms with Gasteiger partial charge in [0.1, 0.15) is 0 Å². The van der Waals surface area contributed by atoms with E-state index in [1.54, 1.807) is 12.1 Å². The van der Waals surface area contributed by atoms with Gasteiger partial charge in [-0.1, -0.05) is 23.5 Å². The summed E-state index contributed by atoms with van der Waals surface area (Å²) in [4.78, 5) is 17.4. The molecule has 0 atom stereocenters. The molecule has 1 aromatic heterocycles. The van der Waals surface area contributed by atoms with Gasteiger partial charge in [-0.05, 0) is 14.1 Å². The molecule has 2 aromatic rings. The smallest absolute Gasteiger partial charge is 0.270 e. The highest BCUT2D eigenvalue weighted by Crippen LogP contribution is 2.33. The fraction of sp³-hybridized carbons (Fsp3) is 0.250. The zero-order valence-electron chi connectivity index (χ0n) is 11.8. The van der Waals surface area contributed by atoms with E-state index < -0.39 is 15.8 Å². The quantitative estimate of drug-likeness (QED) is 0.470. The van der Waals surface area contributed by atoms with Crippen LogP contribution >= 0.6 is 11.3 Å². The minimum atomic E-state index is -2.81. The highest BCUT2D eigenvalue weighted by atomic mass is 32.2. The molecule has 1 heterocycles. The number of aromatic nitrogens is 1. The number of non-ortho nitro benzene ring substituents is 1. The molecule has 0 aliphatic carbocycles. The predicted molar refractivity (Wildman–Crippen MR) is 85.5 cm³/mol. The second-order valence-corrected chi connectivity index (χ2v) is 6.53. The van der Waals surface area contributed by atoms with Gasteiger partial charge in [-0.25, -0.2) is 13.4 Å². The summed E-state index contributed by atoms with van der Waals surface area (Å²) >= 11 is 1.21. The summed E-state index contributed by atoms with van der Waals surface area (Å²) in [7, 11) is 0.941. The van der Waals surface area contributed by atoms with E-state index in [-0.39, 0.29) is 10.8 Å². The molecule has 0 fully saturated rings. The minimum Gasteiger partial charge on any atom is -0.304 e. The zero-order chi connectivity index (χ0) is 16.3. The number of nitrogens with one attached hydrogen (secondary N) is 1. The fourth-order valence-electron chi connectivity index (χ4n) is 1.86. The number of anilines is 1. The molecular formula is C12H14N4O4S2. The second-order valence-electron chi connectivity index (χ2n) is 4.70. The Labute approximate surface area is 132 Å². The molecule has 0 amide bonds. The van der Waals surface area contributed by atoms with Crippen LogP contribution in [0.2, 0.25) is 0 Å².